The van der Waals surface area contributed by atoms with Crippen molar-refractivity contribution in [2.24, 2.45) is 10.8 Å². The number of carbonyl (C=O) groups is 1. The maximum absolute atomic E-state index is 12.4. The van der Waals surface area contributed by atoms with Gasteiger partial charge in [0, 0.05) is 0 Å². The normalized spacial score (nSPS) is 14.4. The number of carbonyl (C=O) groups excluding carboxylic acids is 1. The molecule has 0 saturated carbocycles. The van der Waals surface area contributed by atoms with Crippen LogP contribution in [0.25, 0.3) is 0 Å². The quantitative estimate of drug-likeness (QED) is 0.699. The highest BCUT2D eigenvalue weighted by molar-refractivity contribution is 5.90. The van der Waals surface area contributed by atoms with Crippen molar-refractivity contribution in [1.82, 2.24) is 0 Å². The van der Waals surface area contributed by atoms with Crippen molar-refractivity contribution in [1.29, 1.82) is 0 Å². The fraction of sp³-hybridized carbons (Fsp3) is 0.667. The number of ether oxygens (including phenoxy) is 1. The van der Waals surface area contributed by atoms with Crippen molar-refractivity contribution in [2.45, 2.75) is 80.3 Å². The summed E-state index contributed by atoms with van der Waals surface area (Å²) in [6, 6.07) is 5.12. The second kappa shape index (κ2) is 6.78. The van der Waals surface area contributed by atoms with Crippen molar-refractivity contribution in [2.75, 3.05) is 0 Å². The van der Waals surface area contributed by atoms with Gasteiger partial charge in [0.15, 0.2) is 0 Å². The molecule has 0 aliphatic rings. The van der Waals surface area contributed by atoms with E-state index in [1.165, 1.54) is 6.07 Å². The van der Waals surface area contributed by atoms with Crippen LogP contribution in [-0.2, 0) is 4.74 Å². The molecule has 0 spiro atoms. The second-order valence-electron chi connectivity index (χ2n) is 10.00. The van der Waals surface area contributed by atoms with Gasteiger partial charge in [0.05, 0.1) is 5.56 Å². The van der Waals surface area contributed by atoms with Crippen LogP contribution in [0.2, 0.25) is 0 Å². The van der Waals surface area contributed by atoms with Crippen molar-refractivity contribution >= 4 is 5.97 Å². The van der Waals surface area contributed by atoms with E-state index in [1.807, 2.05) is 26.8 Å². The molecular weight excluding hydrogens is 300 g/mol. The first-order valence-corrected chi connectivity index (χ1v) is 8.66. The molecule has 0 aromatic heterocycles. The van der Waals surface area contributed by atoms with Crippen LogP contribution in [0.5, 0.6) is 5.75 Å². The predicted octanol–water partition coefficient (Wildman–Crippen LogP) is 5.91. The molecule has 3 heteroatoms. The Morgan fingerprint density at radius 3 is 1.96 bits per heavy atom. The Bertz CT molecular complexity index is 581. The van der Waals surface area contributed by atoms with Crippen LogP contribution >= 0.6 is 0 Å². The SMILES string of the molecule is CC(C)(C)CC(c1cc(O)cc(C(=O)OC(C)(C)C)c1)C(C)(C)C. The second-order valence-corrected chi connectivity index (χ2v) is 10.00. The molecule has 1 atom stereocenters. The molecule has 0 bridgehead atoms. The van der Waals surface area contributed by atoms with Crippen LogP contribution in [0.1, 0.15) is 90.6 Å². The number of benzene rings is 1. The Hall–Kier alpha value is -1.51. The van der Waals surface area contributed by atoms with Gasteiger partial charge in [0.25, 0.3) is 0 Å². The van der Waals surface area contributed by atoms with E-state index in [4.69, 9.17) is 4.74 Å². The molecule has 24 heavy (non-hydrogen) atoms. The molecule has 0 saturated heterocycles. The molecule has 1 rings (SSSR count). The minimum absolute atomic E-state index is 0.0201. The van der Waals surface area contributed by atoms with Crippen LogP contribution in [0.15, 0.2) is 18.2 Å². The zero-order chi connectivity index (χ0) is 18.9. The molecule has 0 aliphatic heterocycles. The first-order valence-electron chi connectivity index (χ1n) is 8.66. The molecule has 136 valence electrons. The number of aromatic hydroxyl groups is 1. The van der Waals surface area contributed by atoms with E-state index in [0.29, 0.717) is 5.56 Å². The summed E-state index contributed by atoms with van der Waals surface area (Å²) in [5.74, 6) is -0.0645. The summed E-state index contributed by atoms with van der Waals surface area (Å²) in [4.78, 5) is 12.4. The number of phenols is 1. The average molecular weight is 335 g/mol. The van der Waals surface area contributed by atoms with Crippen molar-refractivity contribution in [3.8, 4) is 5.75 Å². The topological polar surface area (TPSA) is 46.5 Å². The van der Waals surface area contributed by atoms with Crippen LogP contribution in [0, 0.1) is 10.8 Å². The zero-order valence-electron chi connectivity index (χ0n) is 16.8. The molecule has 0 aliphatic carbocycles. The lowest BCUT2D eigenvalue weighted by molar-refractivity contribution is 0.00688. The monoisotopic (exact) mass is 334 g/mol. The summed E-state index contributed by atoms with van der Waals surface area (Å²) in [6.45, 7) is 18.7. The standard InChI is InChI=1S/C21H34O3/c1-19(2,3)13-17(20(4,5)6)14-10-15(12-16(22)11-14)18(23)24-21(7,8)9/h10-12,17,22H,13H2,1-9H3. The lowest BCUT2D eigenvalue weighted by Gasteiger charge is -2.36. The van der Waals surface area contributed by atoms with Crippen LogP contribution in [-0.4, -0.2) is 16.7 Å². The van der Waals surface area contributed by atoms with Crippen molar-refractivity contribution in [3.63, 3.8) is 0 Å². The van der Waals surface area contributed by atoms with Gasteiger partial charge in [-0.2, -0.15) is 0 Å². The maximum Gasteiger partial charge on any atom is 0.338 e. The number of rotatable bonds is 3. The van der Waals surface area contributed by atoms with Gasteiger partial charge in [-0.1, -0.05) is 41.5 Å². The third-order valence-corrected chi connectivity index (χ3v) is 3.84. The fourth-order valence-corrected chi connectivity index (χ4v) is 2.83. The first kappa shape index (κ1) is 20.5. The van der Waals surface area contributed by atoms with Gasteiger partial charge in [-0.3, -0.25) is 0 Å². The Kier molecular flexibility index (Phi) is 5.80. The smallest absolute Gasteiger partial charge is 0.338 e. The van der Waals surface area contributed by atoms with Crippen LogP contribution < -0.4 is 0 Å². The Morgan fingerprint density at radius 1 is 1.00 bits per heavy atom. The lowest BCUT2D eigenvalue weighted by Crippen LogP contribution is -2.25. The van der Waals surface area contributed by atoms with E-state index in [-0.39, 0.29) is 22.5 Å². The largest absolute Gasteiger partial charge is 0.508 e. The molecule has 0 heterocycles. The summed E-state index contributed by atoms with van der Waals surface area (Å²) in [7, 11) is 0. The van der Waals surface area contributed by atoms with E-state index >= 15 is 0 Å². The highest BCUT2D eigenvalue weighted by atomic mass is 16.6. The highest BCUT2D eigenvalue weighted by Gasteiger charge is 2.31. The van der Waals surface area contributed by atoms with E-state index in [9.17, 15) is 9.90 Å². The minimum atomic E-state index is -0.558. The van der Waals surface area contributed by atoms with Gasteiger partial charge in [-0.25, -0.2) is 4.79 Å². The molecule has 1 aromatic rings. The van der Waals surface area contributed by atoms with Gasteiger partial charge in [-0.05, 0) is 67.7 Å². The Labute approximate surface area is 147 Å². The van der Waals surface area contributed by atoms with Crippen LogP contribution in [0.4, 0.5) is 0 Å². The molecule has 0 amide bonds. The fourth-order valence-electron chi connectivity index (χ4n) is 2.83. The average Bonchev–Trinajstić information content (AvgIpc) is 2.30. The third kappa shape index (κ3) is 6.54. The van der Waals surface area contributed by atoms with Gasteiger partial charge in [0.2, 0.25) is 0 Å². The summed E-state index contributed by atoms with van der Waals surface area (Å²) in [6.07, 6.45) is 0.966. The molecule has 0 fully saturated rings. The summed E-state index contributed by atoms with van der Waals surface area (Å²) >= 11 is 0. The number of hydrogen-bond acceptors (Lipinski definition) is 3. The molecule has 1 unspecified atom stereocenters. The predicted molar refractivity (Wildman–Crippen MR) is 99.5 cm³/mol. The van der Waals surface area contributed by atoms with Crippen LogP contribution in [0.3, 0.4) is 0 Å². The maximum atomic E-state index is 12.4. The van der Waals surface area contributed by atoms with E-state index < -0.39 is 11.6 Å². The molecule has 0 radical (unpaired) electrons. The lowest BCUT2D eigenvalue weighted by atomic mass is 9.69. The molecule has 1 N–H and O–H groups in total. The van der Waals surface area contributed by atoms with Gasteiger partial charge < -0.3 is 9.84 Å². The summed E-state index contributed by atoms with van der Waals surface area (Å²) in [5, 5.41) is 10.1. The number of hydrogen-bond donors (Lipinski definition) is 1. The molecule has 1 aromatic carbocycles. The Balaban J connectivity index is 3.29. The molecular formula is C21H34O3. The summed E-state index contributed by atoms with van der Waals surface area (Å²) < 4.78 is 5.45. The van der Waals surface area contributed by atoms with E-state index in [2.05, 4.69) is 41.5 Å². The zero-order valence-corrected chi connectivity index (χ0v) is 16.8. The summed E-state index contributed by atoms with van der Waals surface area (Å²) in [5.41, 5.74) is 1.00. The van der Waals surface area contributed by atoms with Crippen molar-refractivity contribution in [3.05, 3.63) is 29.3 Å². The Morgan fingerprint density at radius 2 is 1.54 bits per heavy atom. The molecule has 3 nitrogen and oxygen atoms in total. The number of phenolic OH excluding ortho intramolecular Hbond substituents is 1. The minimum Gasteiger partial charge on any atom is -0.508 e. The number of esters is 1. The van der Waals surface area contributed by atoms with Gasteiger partial charge in [0.1, 0.15) is 11.4 Å². The first-order chi connectivity index (χ1) is 10.6. The third-order valence-electron chi connectivity index (χ3n) is 3.84. The van der Waals surface area contributed by atoms with E-state index in [1.54, 1.807) is 6.07 Å². The van der Waals surface area contributed by atoms with Gasteiger partial charge in [-0.15, -0.1) is 0 Å². The van der Waals surface area contributed by atoms with E-state index in [0.717, 1.165) is 12.0 Å². The van der Waals surface area contributed by atoms with Gasteiger partial charge >= 0.3 is 5.97 Å². The van der Waals surface area contributed by atoms with Crippen molar-refractivity contribution < 1.29 is 14.6 Å². The highest BCUT2D eigenvalue weighted by Crippen LogP contribution is 2.44.